The van der Waals surface area contributed by atoms with E-state index in [0.29, 0.717) is 18.6 Å². The molecule has 1 saturated heterocycles. The summed E-state index contributed by atoms with van der Waals surface area (Å²) < 4.78 is 5.23. The smallest absolute Gasteiger partial charge is 0.336 e. The Morgan fingerprint density at radius 1 is 1.50 bits per heavy atom. The number of carbonyl (C=O) groups is 1. The van der Waals surface area contributed by atoms with Gasteiger partial charge in [-0.1, -0.05) is 18.2 Å². The van der Waals surface area contributed by atoms with Gasteiger partial charge in [0.05, 0.1) is 18.2 Å². The van der Waals surface area contributed by atoms with Crippen molar-refractivity contribution >= 4 is 5.97 Å². The standard InChI is InChI=1S/C12H11NO3/c13-7-12(5-6-16-8-12)10-4-2-1-3-9(10)11(14)15/h1-4H,5-6,8H2,(H,14,15). The molecule has 2 rings (SSSR count). The van der Waals surface area contributed by atoms with Gasteiger partial charge in [-0.15, -0.1) is 0 Å². The molecule has 1 fully saturated rings. The normalized spacial score (nSPS) is 23.9. The molecule has 1 unspecified atom stereocenters. The molecule has 0 aliphatic carbocycles. The SMILES string of the molecule is N#CC1(c2ccccc2C(=O)O)CCOC1. The largest absolute Gasteiger partial charge is 0.478 e. The molecule has 0 spiro atoms. The number of rotatable bonds is 2. The van der Waals surface area contributed by atoms with Crippen LogP contribution in [0.25, 0.3) is 0 Å². The van der Waals surface area contributed by atoms with Crippen LogP contribution in [0.15, 0.2) is 24.3 Å². The Balaban J connectivity index is 2.55. The van der Waals surface area contributed by atoms with Crippen molar-refractivity contribution in [3.05, 3.63) is 35.4 Å². The highest BCUT2D eigenvalue weighted by atomic mass is 16.5. The van der Waals surface area contributed by atoms with Crippen molar-refractivity contribution in [1.29, 1.82) is 5.26 Å². The predicted octanol–water partition coefficient (Wildman–Crippen LogP) is 1.57. The summed E-state index contributed by atoms with van der Waals surface area (Å²) in [5.41, 5.74) is -0.0494. The van der Waals surface area contributed by atoms with Crippen molar-refractivity contribution in [1.82, 2.24) is 0 Å². The summed E-state index contributed by atoms with van der Waals surface area (Å²) in [4.78, 5) is 11.1. The Bertz CT molecular complexity index is 456. The maximum atomic E-state index is 11.1. The van der Waals surface area contributed by atoms with Crippen LogP contribution in [0.4, 0.5) is 0 Å². The van der Waals surface area contributed by atoms with Crippen LogP contribution in [0.3, 0.4) is 0 Å². The summed E-state index contributed by atoms with van der Waals surface area (Å²) in [7, 11) is 0. The van der Waals surface area contributed by atoms with Crippen LogP contribution in [0, 0.1) is 11.3 Å². The molecule has 4 heteroatoms. The van der Waals surface area contributed by atoms with Crippen molar-refractivity contribution < 1.29 is 14.6 Å². The third kappa shape index (κ3) is 1.55. The highest BCUT2D eigenvalue weighted by molar-refractivity contribution is 5.90. The van der Waals surface area contributed by atoms with Gasteiger partial charge in [-0.25, -0.2) is 4.79 Å². The highest BCUT2D eigenvalue weighted by Crippen LogP contribution is 2.34. The van der Waals surface area contributed by atoms with Crippen LogP contribution in [0.1, 0.15) is 22.3 Å². The number of benzene rings is 1. The molecule has 82 valence electrons. The van der Waals surface area contributed by atoms with Gasteiger partial charge in [-0.2, -0.15) is 5.26 Å². The number of hydrogen-bond donors (Lipinski definition) is 1. The van der Waals surface area contributed by atoms with E-state index in [1.54, 1.807) is 18.2 Å². The fourth-order valence-corrected chi connectivity index (χ4v) is 2.01. The number of aromatic carboxylic acids is 1. The highest BCUT2D eigenvalue weighted by Gasteiger charge is 2.39. The van der Waals surface area contributed by atoms with Crippen LogP contribution in [0.2, 0.25) is 0 Å². The van der Waals surface area contributed by atoms with Crippen molar-refractivity contribution in [2.45, 2.75) is 11.8 Å². The molecule has 1 aliphatic heterocycles. The molecule has 0 aromatic heterocycles. The van der Waals surface area contributed by atoms with Crippen molar-refractivity contribution in [2.24, 2.45) is 0 Å². The summed E-state index contributed by atoms with van der Waals surface area (Å²) in [5, 5.41) is 18.3. The predicted molar refractivity (Wildman–Crippen MR) is 56.1 cm³/mol. The molecule has 1 aromatic carbocycles. The minimum atomic E-state index is -1.00. The van der Waals surface area contributed by atoms with Gasteiger partial charge in [0.1, 0.15) is 5.41 Å². The van der Waals surface area contributed by atoms with Gasteiger partial charge in [-0.05, 0) is 18.1 Å². The molecule has 1 atom stereocenters. The topological polar surface area (TPSA) is 70.3 Å². The Hall–Kier alpha value is -1.86. The van der Waals surface area contributed by atoms with Crippen LogP contribution >= 0.6 is 0 Å². The van der Waals surface area contributed by atoms with E-state index >= 15 is 0 Å². The lowest BCUT2D eigenvalue weighted by atomic mass is 9.79. The van der Waals surface area contributed by atoms with E-state index < -0.39 is 11.4 Å². The summed E-state index contributed by atoms with van der Waals surface area (Å²) in [6.07, 6.45) is 0.549. The third-order valence-corrected chi connectivity index (χ3v) is 2.91. The molecule has 0 amide bonds. The number of carboxylic acid groups (broad SMARTS) is 1. The molecule has 1 heterocycles. The molecule has 1 aliphatic rings. The third-order valence-electron chi connectivity index (χ3n) is 2.91. The molecule has 4 nitrogen and oxygen atoms in total. The van der Waals surface area contributed by atoms with Crippen molar-refractivity contribution in [2.75, 3.05) is 13.2 Å². The summed E-state index contributed by atoms with van der Waals surface area (Å²) in [6.45, 7) is 0.773. The van der Waals surface area contributed by atoms with Gasteiger partial charge in [-0.3, -0.25) is 0 Å². The molecule has 0 saturated carbocycles. The number of hydrogen-bond acceptors (Lipinski definition) is 3. The molecular weight excluding hydrogens is 206 g/mol. The van der Waals surface area contributed by atoms with Crippen LogP contribution in [-0.2, 0) is 10.2 Å². The summed E-state index contributed by atoms with van der Waals surface area (Å²) >= 11 is 0. The first-order chi connectivity index (χ1) is 7.69. The average Bonchev–Trinajstić information content (AvgIpc) is 2.78. The van der Waals surface area contributed by atoms with E-state index in [1.165, 1.54) is 6.07 Å². The maximum absolute atomic E-state index is 11.1. The quantitative estimate of drug-likeness (QED) is 0.816. The summed E-state index contributed by atoms with van der Waals surface area (Å²) in [6, 6.07) is 8.83. The molecule has 1 N–H and O–H groups in total. The van der Waals surface area contributed by atoms with Gasteiger partial charge < -0.3 is 9.84 Å². The van der Waals surface area contributed by atoms with E-state index in [0.717, 1.165) is 0 Å². The van der Waals surface area contributed by atoms with Crippen molar-refractivity contribution in [3.63, 3.8) is 0 Å². The second kappa shape index (κ2) is 3.95. The monoisotopic (exact) mass is 217 g/mol. The fourth-order valence-electron chi connectivity index (χ4n) is 2.01. The zero-order valence-corrected chi connectivity index (χ0v) is 8.64. The first-order valence-electron chi connectivity index (χ1n) is 5.01. The van der Waals surface area contributed by atoms with E-state index in [9.17, 15) is 10.1 Å². The number of nitrogens with zero attached hydrogens (tertiary/aromatic N) is 1. The van der Waals surface area contributed by atoms with Gasteiger partial charge in [0.2, 0.25) is 0 Å². The van der Waals surface area contributed by atoms with Gasteiger partial charge in [0.25, 0.3) is 0 Å². The molecule has 1 aromatic rings. The Morgan fingerprint density at radius 2 is 2.25 bits per heavy atom. The van der Waals surface area contributed by atoms with Gasteiger partial charge in [0.15, 0.2) is 0 Å². The molecule has 0 radical (unpaired) electrons. The second-order valence-corrected chi connectivity index (χ2v) is 3.85. The Labute approximate surface area is 93.1 Å². The van der Waals surface area contributed by atoms with E-state index in [4.69, 9.17) is 9.84 Å². The maximum Gasteiger partial charge on any atom is 0.336 e. The van der Waals surface area contributed by atoms with Gasteiger partial charge in [0, 0.05) is 6.61 Å². The lowest BCUT2D eigenvalue weighted by Crippen LogP contribution is -2.26. The first kappa shape index (κ1) is 10.7. The second-order valence-electron chi connectivity index (χ2n) is 3.85. The zero-order chi connectivity index (χ0) is 11.6. The van der Waals surface area contributed by atoms with E-state index in [2.05, 4.69) is 6.07 Å². The first-order valence-corrected chi connectivity index (χ1v) is 5.01. The lowest BCUT2D eigenvalue weighted by molar-refractivity contribution is 0.0694. The minimum absolute atomic E-state index is 0.189. The number of ether oxygens (including phenoxy) is 1. The van der Waals surface area contributed by atoms with Gasteiger partial charge >= 0.3 is 5.97 Å². The van der Waals surface area contributed by atoms with Crippen LogP contribution in [0.5, 0.6) is 0 Å². The Morgan fingerprint density at radius 3 is 2.81 bits per heavy atom. The number of nitriles is 1. The molecule has 0 bridgehead atoms. The zero-order valence-electron chi connectivity index (χ0n) is 8.64. The molecule has 16 heavy (non-hydrogen) atoms. The van der Waals surface area contributed by atoms with Crippen molar-refractivity contribution in [3.8, 4) is 6.07 Å². The lowest BCUT2D eigenvalue weighted by Gasteiger charge is -2.20. The summed E-state index contributed by atoms with van der Waals surface area (Å²) in [5.74, 6) is -1.00. The average molecular weight is 217 g/mol. The molecular formula is C12H11NO3. The van der Waals surface area contributed by atoms with Crippen LogP contribution in [-0.4, -0.2) is 24.3 Å². The van der Waals surface area contributed by atoms with E-state index in [-0.39, 0.29) is 12.2 Å². The number of carboxylic acids is 1. The minimum Gasteiger partial charge on any atom is -0.478 e. The fraction of sp³-hybridized carbons (Fsp3) is 0.333. The van der Waals surface area contributed by atoms with Crippen LogP contribution < -0.4 is 0 Å². The Kier molecular flexibility index (Phi) is 2.63. The van der Waals surface area contributed by atoms with E-state index in [1.807, 2.05) is 0 Å².